The van der Waals surface area contributed by atoms with Gasteiger partial charge in [-0.05, 0) is 60.3 Å². The highest BCUT2D eigenvalue weighted by atomic mass is 28.4. The van der Waals surface area contributed by atoms with Crippen molar-refractivity contribution in [1.29, 1.82) is 0 Å². The number of benzene rings is 2. The van der Waals surface area contributed by atoms with Crippen LogP contribution in [0.3, 0.4) is 0 Å². The van der Waals surface area contributed by atoms with E-state index in [4.69, 9.17) is 23.1 Å². The Morgan fingerprint density at radius 2 is 1.61 bits per heavy atom. The number of ether oxygens (including phenoxy) is 3. The Kier molecular flexibility index (Phi) is 11.0. The van der Waals surface area contributed by atoms with E-state index in [9.17, 15) is 9.90 Å². The molecule has 46 heavy (non-hydrogen) atoms. The third-order valence-electron chi connectivity index (χ3n) is 8.53. The summed E-state index contributed by atoms with van der Waals surface area (Å²) in [7, 11) is -2.78. The van der Waals surface area contributed by atoms with Crippen LogP contribution in [0.2, 0.25) is 5.04 Å². The van der Waals surface area contributed by atoms with E-state index >= 15 is 0 Å². The molecule has 3 aromatic rings. The van der Waals surface area contributed by atoms with Crippen molar-refractivity contribution >= 4 is 30.7 Å². The van der Waals surface area contributed by atoms with E-state index in [2.05, 4.69) is 69.3 Å². The fourth-order valence-electron chi connectivity index (χ4n) is 6.29. The molecule has 0 unspecified atom stereocenters. The Morgan fingerprint density at radius 1 is 0.978 bits per heavy atom. The minimum Gasteiger partial charge on any atom is -0.456 e. The maximum absolute atomic E-state index is 12.5. The van der Waals surface area contributed by atoms with E-state index in [0.717, 1.165) is 16.7 Å². The second-order valence-corrected chi connectivity index (χ2v) is 17.4. The quantitative estimate of drug-likeness (QED) is 0.125. The molecule has 244 valence electrons. The number of hydrogen-bond acceptors (Lipinski definition) is 7. The molecule has 0 amide bonds. The molecular formula is C38H46O7Si. The SMILES string of the molecule is C/C(=C/c1cc(CO[Si](c2ccccc2)(c2ccccc2)C(C)(C)C)c(C2OCCO2)o1)C[C@H]1C=C(CC/C=C(\C)CO)C(=O)O1. The van der Waals surface area contributed by atoms with Gasteiger partial charge in [-0.1, -0.05) is 98.7 Å². The number of allylic oxidation sites excluding steroid dienone is 1. The highest BCUT2D eigenvalue weighted by Gasteiger charge is 2.50. The number of aliphatic hydroxyl groups excluding tert-OH is 1. The molecule has 1 aromatic heterocycles. The largest absolute Gasteiger partial charge is 0.456 e. The molecule has 0 radical (unpaired) electrons. The zero-order chi connectivity index (χ0) is 32.7. The van der Waals surface area contributed by atoms with Gasteiger partial charge in [-0.15, -0.1) is 0 Å². The highest BCUT2D eigenvalue weighted by Crippen LogP contribution is 2.39. The van der Waals surface area contributed by atoms with E-state index in [1.807, 2.05) is 50.3 Å². The van der Waals surface area contributed by atoms with Gasteiger partial charge in [0.05, 0.1) is 26.4 Å². The molecule has 7 nitrogen and oxygen atoms in total. The molecule has 3 heterocycles. The van der Waals surface area contributed by atoms with Crippen LogP contribution in [0.4, 0.5) is 0 Å². The first-order chi connectivity index (χ1) is 22.1. The average Bonchev–Trinajstić information content (AvgIpc) is 3.78. The predicted octanol–water partition coefficient (Wildman–Crippen LogP) is 6.77. The minimum atomic E-state index is -2.78. The van der Waals surface area contributed by atoms with Crippen LogP contribution in [0.25, 0.3) is 6.08 Å². The fourth-order valence-corrected chi connectivity index (χ4v) is 10.8. The molecule has 0 aliphatic carbocycles. The summed E-state index contributed by atoms with van der Waals surface area (Å²) >= 11 is 0. The summed E-state index contributed by atoms with van der Waals surface area (Å²) in [5, 5.41) is 11.5. The Hall–Kier alpha value is -3.53. The molecule has 0 bridgehead atoms. The molecule has 2 aliphatic rings. The Bertz CT molecular complexity index is 1520. The van der Waals surface area contributed by atoms with Crippen molar-refractivity contribution < 1.29 is 33.0 Å². The van der Waals surface area contributed by atoms with Crippen molar-refractivity contribution in [3.63, 3.8) is 0 Å². The maximum atomic E-state index is 12.5. The second kappa shape index (κ2) is 14.9. The fraction of sp³-hybridized carbons (Fsp3) is 0.395. The summed E-state index contributed by atoms with van der Waals surface area (Å²) in [5.74, 6) is 1.02. The summed E-state index contributed by atoms with van der Waals surface area (Å²) in [4.78, 5) is 12.5. The number of carbonyl (C=O) groups is 1. The summed E-state index contributed by atoms with van der Waals surface area (Å²) in [6.45, 7) is 12.0. The lowest BCUT2D eigenvalue weighted by atomic mass is 10.1. The number of aliphatic hydroxyl groups is 1. The summed E-state index contributed by atoms with van der Waals surface area (Å²) in [6.07, 6.45) is 6.77. The van der Waals surface area contributed by atoms with Gasteiger partial charge in [0.1, 0.15) is 11.9 Å². The van der Waals surface area contributed by atoms with Crippen molar-refractivity contribution in [3.8, 4) is 0 Å². The predicted molar refractivity (Wildman–Crippen MR) is 182 cm³/mol. The molecule has 1 saturated heterocycles. The lowest BCUT2D eigenvalue weighted by Crippen LogP contribution is -2.66. The van der Waals surface area contributed by atoms with Gasteiger partial charge in [-0.2, -0.15) is 0 Å². The van der Waals surface area contributed by atoms with Crippen molar-refractivity contribution in [1.82, 2.24) is 0 Å². The Labute approximate surface area is 273 Å². The van der Waals surface area contributed by atoms with Gasteiger partial charge in [0, 0.05) is 17.6 Å². The normalized spacial score (nSPS) is 18.3. The van der Waals surface area contributed by atoms with Gasteiger partial charge < -0.3 is 28.2 Å². The molecular weight excluding hydrogens is 596 g/mol. The first-order valence-electron chi connectivity index (χ1n) is 16.1. The maximum Gasteiger partial charge on any atom is 0.334 e. The number of furan rings is 1. The molecule has 2 aliphatic heterocycles. The van der Waals surface area contributed by atoms with Crippen molar-refractivity contribution in [2.75, 3.05) is 19.8 Å². The first kappa shape index (κ1) is 33.8. The van der Waals surface area contributed by atoms with Crippen LogP contribution in [0.1, 0.15) is 77.3 Å². The number of esters is 1. The van der Waals surface area contributed by atoms with E-state index < -0.39 is 14.6 Å². The minimum absolute atomic E-state index is 0.0247. The third kappa shape index (κ3) is 7.70. The molecule has 1 N–H and O–H groups in total. The van der Waals surface area contributed by atoms with E-state index in [-0.39, 0.29) is 23.7 Å². The van der Waals surface area contributed by atoms with Crippen molar-refractivity contribution in [3.05, 3.63) is 113 Å². The number of hydrogen-bond donors (Lipinski definition) is 1. The summed E-state index contributed by atoms with van der Waals surface area (Å²) in [5.41, 5.74) is 3.47. The molecule has 1 atom stereocenters. The molecule has 8 heteroatoms. The van der Waals surface area contributed by atoms with Gasteiger partial charge >= 0.3 is 5.97 Å². The van der Waals surface area contributed by atoms with Gasteiger partial charge in [-0.25, -0.2) is 4.79 Å². The van der Waals surface area contributed by atoms with Crippen LogP contribution >= 0.6 is 0 Å². The van der Waals surface area contributed by atoms with Crippen molar-refractivity contribution in [2.24, 2.45) is 0 Å². The topological polar surface area (TPSA) is 87.4 Å². The monoisotopic (exact) mass is 642 g/mol. The lowest BCUT2D eigenvalue weighted by molar-refractivity contribution is -0.139. The first-order valence-corrected chi connectivity index (χ1v) is 18.0. The molecule has 0 saturated carbocycles. The van der Waals surface area contributed by atoms with Crippen LogP contribution in [0.15, 0.2) is 100 Å². The van der Waals surface area contributed by atoms with E-state index in [0.29, 0.717) is 56.2 Å². The third-order valence-corrected chi connectivity index (χ3v) is 13.5. The van der Waals surface area contributed by atoms with E-state index in [1.54, 1.807) is 0 Å². The van der Waals surface area contributed by atoms with Crippen LogP contribution in [-0.4, -0.2) is 45.3 Å². The number of cyclic esters (lactones) is 1. The number of carbonyl (C=O) groups excluding carboxylic acids is 1. The van der Waals surface area contributed by atoms with Gasteiger partial charge in [-0.3, -0.25) is 0 Å². The number of rotatable bonds is 13. The van der Waals surface area contributed by atoms with Crippen LogP contribution in [-0.2, 0) is 30.0 Å². The van der Waals surface area contributed by atoms with E-state index in [1.165, 1.54) is 10.4 Å². The Balaban J connectivity index is 1.40. The second-order valence-electron chi connectivity index (χ2n) is 13.1. The zero-order valence-corrected chi connectivity index (χ0v) is 28.6. The smallest absolute Gasteiger partial charge is 0.334 e. The van der Waals surface area contributed by atoms with Crippen LogP contribution < -0.4 is 10.4 Å². The zero-order valence-electron chi connectivity index (χ0n) is 27.6. The molecule has 1 fully saturated rings. The Morgan fingerprint density at radius 3 is 2.20 bits per heavy atom. The summed E-state index contributed by atoms with van der Waals surface area (Å²) < 4.78 is 31.0. The van der Waals surface area contributed by atoms with Gasteiger partial charge in [0.2, 0.25) is 6.29 Å². The lowest BCUT2D eigenvalue weighted by Gasteiger charge is -2.43. The molecule has 2 aromatic carbocycles. The average molecular weight is 643 g/mol. The van der Waals surface area contributed by atoms with Crippen molar-refractivity contribution in [2.45, 2.75) is 77.9 Å². The van der Waals surface area contributed by atoms with Gasteiger partial charge in [0.15, 0.2) is 5.76 Å². The molecule has 0 spiro atoms. The van der Waals surface area contributed by atoms with Crippen LogP contribution in [0, 0.1) is 0 Å². The summed E-state index contributed by atoms with van der Waals surface area (Å²) in [6, 6.07) is 23.2. The molecule has 5 rings (SSSR count). The highest BCUT2D eigenvalue weighted by molar-refractivity contribution is 6.99. The van der Waals surface area contributed by atoms with Crippen LogP contribution in [0.5, 0.6) is 0 Å². The van der Waals surface area contributed by atoms with Gasteiger partial charge in [0.25, 0.3) is 8.32 Å². The standard InChI is InChI=1S/C38H46O7Si/c1-27(25-39)13-12-14-29-23-32(45-36(29)40)22-28(2)21-31-24-30(35(44-31)37-41-19-20-42-37)26-43-46(38(3,4)5,33-15-8-6-9-16-33)34-17-10-7-11-18-34/h6-11,13,15-18,21,23-24,32,37,39H,12,14,19-20,22,25-26H2,1-5H3/b27-13+,28-21-/t32-/m0/s1.